The fourth-order valence-electron chi connectivity index (χ4n) is 2.23. The number of nitrogens with one attached hydrogen (secondary N) is 1. The number of carbonyl (C=O) groups excluding carboxylic acids is 1. The van der Waals surface area contributed by atoms with Crippen LogP contribution >= 0.6 is 0 Å². The molecule has 0 aromatic heterocycles. The van der Waals surface area contributed by atoms with E-state index >= 15 is 0 Å². The number of hydrogen-bond acceptors (Lipinski definition) is 8. The van der Waals surface area contributed by atoms with Gasteiger partial charge in [-0.15, -0.1) is 0 Å². The molecule has 31 heavy (non-hydrogen) atoms. The van der Waals surface area contributed by atoms with Gasteiger partial charge >= 0.3 is 12.1 Å². The number of allylic oxidation sites excluding steroid dienone is 2. The minimum absolute atomic E-state index is 0.225. The third-order valence-corrected chi connectivity index (χ3v) is 5.62. The number of hydrazone groups is 1. The fourth-order valence-corrected chi connectivity index (χ4v) is 2.98. The zero-order valence-corrected chi connectivity index (χ0v) is 19.0. The number of rotatable bonds is 11. The summed E-state index contributed by atoms with van der Waals surface area (Å²) >= 11 is 0. The summed E-state index contributed by atoms with van der Waals surface area (Å²) < 4.78 is 46.5. The quantitative estimate of drug-likeness (QED) is 0.159. The van der Waals surface area contributed by atoms with Crippen molar-refractivity contribution in [3.63, 3.8) is 0 Å². The van der Waals surface area contributed by atoms with Crippen LogP contribution in [0.1, 0.15) is 13.8 Å². The van der Waals surface area contributed by atoms with Gasteiger partial charge in [-0.3, -0.25) is 0 Å². The van der Waals surface area contributed by atoms with Crippen LogP contribution in [-0.2, 0) is 19.2 Å². The monoisotopic (exact) mass is 464 g/mol. The van der Waals surface area contributed by atoms with Crippen molar-refractivity contribution >= 4 is 31.9 Å². The van der Waals surface area contributed by atoms with E-state index in [4.69, 9.17) is 14.7 Å². The molecule has 0 saturated heterocycles. The number of hydrogen-bond donors (Lipinski definition) is 2. The zero-order chi connectivity index (χ0) is 23.8. The van der Waals surface area contributed by atoms with Gasteiger partial charge in [-0.1, -0.05) is 24.8 Å². The molecule has 0 aromatic rings. The fraction of sp³-hybridized carbons (Fsp3) is 0.611. The van der Waals surface area contributed by atoms with Gasteiger partial charge in [-0.05, 0) is 19.9 Å². The lowest BCUT2D eigenvalue weighted by Gasteiger charge is -2.29. The number of ether oxygens (including phenoxy) is 1. The summed E-state index contributed by atoms with van der Waals surface area (Å²) in [4.78, 5) is 26.9. The Hall–Kier alpha value is -2.63. The summed E-state index contributed by atoms with van der Waals surface area (Å²) in [7, 11) is -1.39. The Labute approximate surface area is 179 Å². The van der Waals surface area contributed by atoms with Crippen LogP contribution in [0.15, 0.2) is 27.2 Å². The lowest BCUT2D eigenvalue weighted by atomic mass is 10.1. The molecule has 1 rings (SSSR count). The number of alkyl halides is 3. The molecule has 1 atom stereocenters. The van der Waals surface area contributed by atoms with E-state index in [0.717, 1.165) is 17.3 Å². The SMILES string of the molecule is C/C(=N\OCC(C)NC1=C(C(F)(F)F)C(=C=O)N(COCC[Si](C)(C)C)N=C1)C(=O)O. The number of aliphatic carboxylic acids is 1. The zero-order valence-electron chi connectivity index (χ0n) is 18.0. The van der Waals surface area contributed by atoms with Crippen LogP contribution in [0.25, 0.3) is 0 Å². The lowest BCUT2D eigenvalue weighted by molar-refractivity contribution is -0.129. The third kappa shape index (κ3) is 8.95. The maximum Gasteiger partial charge on any atom is 0.421 e. The highest BCUT2D eigenvalue weighted by Crippen LogP contribution is 2.35. The van der Waals surface area contributed by atoms with E-state index < -0.39 is 43.2 Å². The Kier molecular flexibility index (Phi) is 9.47. The predicted molar refractivity (Wildman–Crippen MR) is 111 cm³/mol. The summed E-state index contributed by atoms with van der Waals surface area (Å²) in [5.74, 6) is 0.0305. The summed E-state index contributed by atoms with van der Waals surface area (Å²) in [5, 5.41) is 19.3. The molecular formula is C18H27F3N4O5Si. The second-order valence-corrected chi connectivity index (χ2v) is 13.7. The van der Waals surface area contributed by atoms with Crippen molar-refractivity contribution in [1.29, 1.82) is 0 Å². The van der Waals surface area contributed by atoms with Crippen LogP contribution in [0.2, 0.25) is 25.7 Å². The van der Waals surface area contributed by atoms with Gasteiger partial charge in [-0.2, -0.15) is 18.3 Å². The van der Waals surface area contributed by atoms with E-state index in [1.165, 1.54) is 19.8 Å². The minimum atomic E-state index is -4.86. The lowest BCUT2D eigenvalue weighted by Crippen LogP contribution is -2.39. The van der Waals surface area contributed by atoms with E-state index in [-0.39, 0.29) is 19.0 Å². The number of oxime groups is 1. The smallest absolute Gasteiger partial charge is 0.421 e. The van der Waals surface area contributed by atoms with Crippen molar-refractivity contribution in [2.45, 2.75) is 51.8 Å². The molecule has 2 N–H and O–H groups in total. The van der Waals surface area contributed by atoms with E-state index in [2.05, 4.69) is 35.2 Å². The summed E-state index contributed by atoms with van der Waals surface area (Å²) in [5.41, 5.74) is -2.78. The molecule has 174 valence electrons. The van der Waals surface area contributed by atoms with E-state index in [0.29, 0.717) is 6.61 Å². The maximum absolute atomic E-state index is 13.7. The number of carboxylic acids is 1. The number of nitrogens with zero attached hydrogens (tertiary/aromatic N) is 3. The molecular weight excluding hydrogens is 437 g/mol. The van der Waals surface area contributed by atoms with Gasteiger partial charge in [0, 0.05) is 14.7 Å². The molecule has 9 nitrogen and oxygen atoms in total. The molecule has 0 bridgehead atoms. The molecule has 0 saturated carbocycles. The first-order valence-corrected chi connectivity index (χ1v) is 13.1. The summed E-state index contributed by atoms with van der Waals surface area (Å²) in [6.45, 7) is 8.90. The van der Waals surface area contributed by atoms with Crippen LogP contribution in [0, 0.1) is 0 Å². The highest BCUT2D eigenvalue weighted by atomic mass is 28.3. The van der Waals surface area contributed by atoms with Gasteiger partial charge in [0.25, 0.3) is 0 Å². The van der Waals surface area contributed by atoms with Crippen molar-refractivity contribution in [2.75, 3.05) is 19.9 Å². The van der Waals surface area contributed by atoms with Crippen LogP contribution in [0.4, 0.5) is 13.2 Å². The van der Waals surface area contributed by atoms with Gasteiger partial charge < -0.3 is 20.0 Å². The van der Waals surface area contributed by atoms with Crippen LogP contribution < -0.4 is 5.32 Å². The Balaban J connectivity index is 2.92. The van der Waals surface area contributed by atoms with Crippen LogP contribution in [0.5, 0.6) is 0 Å². The summed E-state index contributed by atoms with van der Waals surface area (Å²) in [6.07, 6.45) is -3.93. The Morgan fingerprint density at radius 2 is 2.06 bits per heavy atom. The Morgan fingerprint density at radius 1 is 1.42 bits per heavy atom. The first-order valence-electron chi connectivity index (χ1n) is 9.39. The number of carbonyl (C=O) groups is 1. The second-order valence-electron chi connectivity index (χ2n) is 8.05. The molecule has 13 heteroatoms. The third-order valence-electron chi connectivity index (χ3n) is 3.92. The van der Waals surface area contributed by atoms with Gasteiger partial charge in [0.1, 0.15) is 18.9 Å². The Bertz CT molecular complexity index is 799. The Morgan fingerprint density at radius 3 is 2.58 bits per heavy atom. The van der Waals surface area contributed by atoms with Crippen LogP contribution in [-0.4, -0.2) is 74.2 Å². The maximum atomic E-state index is 13.7. The number of carboxylic acid groups (broad SMARTS) is 1. The molecule has 1 aliphatic heterocycles. The van der Waals surface area contributed by atoms with E-state index in [1.807, 2.05) is 0 Å². The van der Waals surface area contributed by atoms with Crippen molar-refractivity contribution in [3.8, 4) is 0 Å². The van der Waals surface area contributed by atoms with Crippen molar-refractivity contribution in [1.82, 2.24) is 10.3 Å². The molecule has 1 aliphatic rings. The van der Waals surface area contributed by atoms with Gasteiger partial charge in [0.15, 0.2) is 17.4 Å². The molecule has 0 fully saturated rings. The molecule has 0 aromatic carbocycles. The second kappa shape index (κ2) is 11.1. The largest absolute Gasteiger partial charge is 0.477 e. The molecule has 0 aliphatic carbocycles. The van der Waals surface area contributed by atoms with Gasteiger partial charge in [0.2, 0.25) is 0 Å². The molecule has 0 radical (unpaired) electrons. The molecule has 0 spiro atoms. The first-order chi connectivity index (χ1) is 14.3. The highest BCUT2D eigenvalue weighted by Gasteiger charge is 2.43. The van der Waals surface area contributed by atoms with Crippen molar-refractivity contribution in [3.05, 3.63) is 17.0 Å². The molecule has 1 heterocycles. The first kappa shape index (κ1) is 26.4. The average Bonchev–Trinajstić information content (AvgIpc) is 2.63. The van der Waals surface area contributed by atoms with Crippen LogP contribution in [0.3, 0.4) is 0 Å². The van der Waals surface area contributed by atoms with E-state index in [1.54, 1.807) is 0 Å². The van der Waals surface area contributed by atoms with Gasteiger partial charge in [0.05, 0.1) is 18.0 Å². The van der Waals surface area contributed by atoms with Crippen molar-refractivity contribution < 1.29 is 37.4 Å². The molecule has 0 amide bonds. The number of halogens is 3. The van der Waals surface area contributed by atoms with Gasteiger partial charge in [-0.25, -0.2) is 14.6 Å². The predicted octanol–water partition coefficient (Wildman–Crippen LogP) is 2.59. The van der Waals surface area contributed by atoms with E-state index in [9.17, 15) is 22.8 Å². The standard InChI is InChI=1S/C18H27F3N4O5Si/c1-12(10-30-24-13(2)17(27)28)23-14-8-22-25(11-29-6-7-31(3,4)5)15(9-26)16(14)18(19,20)21/h8,12,23H,6-7,10-11H2,1-5H3,(H,27,28)/b24-13+. The topological polar surface area (TPSA) is 113 Å². The average molecular weight is 465 g/mol. The van der Waals surface area contributed by atoms with Crippen molar-refractivity contribution in [2.24, 2.45) is 10.3 Å². The normalized spacial score (nSPS) is 16.3. The molecule has 1 unspecified atom stereocenters. The minimum Gasteiger partial charge on any atom is -0.477 e. The highest BCUT2D eigenvalue weighted by molar-refractivity contribution is 6.76. The summed E-state index contributed by atoms with van der Waals surface area (Å²) in [6, 6.07) is 0.0949.